The number of nitrogens with zero attached hydrogens (tertiary/aromatic N) is 2. The number of hydrogen-bond acceptors (Lipinski definition) is 4. The molecule has 1 heterocycles. The number of benzene rings is 1. The van der Waals surface area contributed by atoms with Crippen molar-refractivity contribution >= 4 is 29.1 Å². The first-order valence-electron chi connectivity index (χ1n) is 7.95. The number of hydrogen-bond donors (Lipinski definition) is 1. The molecule has 27 heavy (non-hydrogen) atoms. The number of allylic oxidation sites excluding steroid dienone is 1. The first kappa shape index (κ1) is 20.6. The topological polar surface area (TPSA) is 69.6 Å². The first-order valence-corrected chi connectivity index (χ1v) is 8.33. The summed E-state index contributed by atoms with van der Waals surface area (Å²) in [6.45, 7) is 2.51. The number of ether oxygens (including phenoxy) is 1. The van der Waals surface area contributed by atoms with Gasteiger partial charge in [0.1, 0.15) is 5.75 Å². The number of aliphatic imine (C=N–C) groups is 1. The van der Waals surface area contributed by atoms with Gasteiger partial charge in [-0.2, -0.15) is 0 Å². The second kappa shape index (κ2) is 8.77. The van der Waals surface area contributed by atoms with E-state index in [1.165, 1.54) is 29.1 Å². The lowest BCUT2D eigenvalue weighted by molar-refractivity contribution is -0.274. The predicted octanol–water partition coefficient (Wildman–Crippen LogP) is 4.51. The van der Waals surface area contributed by atoms with Crippen molar-refractivity contribution in [3.63, 3.8) is 0 Å². The molecule has 0 bridgehead atoms. The molecule has 0 aliphatic heterocycles. The first-order chi connectivity index (χ1) is 12.7. The van der Waals surface area contributed by atoms with E-state index in [2.05, 4.69) is 9.73 Å². The Morgan fingerprint density at radius 3 is 2.67 bits per heavy atom. The normalized spacial score (nSPS) is 12.6. The lowest BCUT2D eigenvalue weighted by Crippen LogP contribution is -2.17. The SMILES string of the molecule is CCCn1cc(N=C/C(=C\N)c2ccc(OC(F)(F)F)cc2Cl)ccc1=O. The number of aromatic nitrogens is 1. The van der Waals surface area contributed by atoms with Crippen molar-refractivity contribution < 1.29 is 17.9 Å². The van der Waals surface area contributed by atoms with Gasteiger partial charge in [0.2, 0.25) is 0 Å². The van der Waals surface area contributed by atoms with Crippen LogP contribution in [0.25, 0.3) is 5.57 Å². The fourth-order valence-electron chi connectivity index (χ4n) is 2.28. The number of rotatable bonds is 6. The number of pyridine rings is 1. The summed E-state index contributed by atoms with van der Waals surface area (Å²) in [5.41, 5.74) is 6.78. The summed E-state index contributed by atoms with van der Waals surface area (Å²) >= 11 is 6.05. The third-order valence-electron chi connectivity index (χ3n) is 3.45. The second-order valence-corrected chi connectivity index (χ2v) is 5.90. The smallest absolute Gasteiger partial charge is 0.406 e. The minimum atomic E-state index is -4.81. The maximum absolute atomic E-state index is 12.3. The van der Waals surface area contributed by atoms with E-state index < -0.39 is 12.1 Å². The fourth-order valence-corrected chi connectivity index (χ4v) is 2.56. The van der Waals surface area contributed by atoms with Crippen LogP contribution in [0, 0.1) is 0 Å². The van der Waals surface area contributed by atoms with Crippen LogP contribution in [0.2, 0.25) is 5.02 Å². The third-order valence-corrected chi connectivity index (χ3v) is 3.76. The molecule has 0 amide bonds. The standard InChI is InChI=1S/C18H17ClF3N3O2/c1-2-7-25-11-13(3-6-17(25)26)24-10-12(9-23)15-5-4-14(8-16(15)19)27-18(20,21)22/h3-6,8-11H,2,7,23H2,1H3/b12-9+,24-10?. The Kier molecular flexibility index (Phi) is 6.68. The molecular weight excluding hydrogens is 383 g/mol. The van der Waals surface area contributed by atoms with Gasteiger partial charge >= 0.3 is 6.36 Å². The summed E-state index contributed by atoms with van der Waals surface area (Å²) in [5, 5.41) is 0.0239. The molecule has 2 N–H and O–H groups in total. The van der Waals surface area contributed by atoms with Gasteiger partial charge in [0.25, 0.3) is 5.56 Å². The Balaban J connectivity index is 2.26. The van der Waals surface area contributed by atoms with E-state index in [0.717, 1.165) is 18.6 Å². The van der Waals surface area contributed by atoms with Crippen LogP contribution in [0.15, 0.2) is 52.5 Å². The van der Waals surface area contributed by atoms with Gasteiger partial charge in [-0.1, -0.05) is 18.5 Å². The maximum atomic E-state index is 12.3. The average molecular weight is 400 g/mol. The Morgan fingerprint density at radius 2 is 2.07 bits per heavy atom. The van der Waals surface area contributed by atoms with Gasteiger partial charge in [-0.05, 0) is 30.7 Å². The van der Waals surface area contributed by atoms with Crippen molar-refractivity contribution in [3.05, 3.63) is 63.7 Å². The van der Waals surface area contributed by atoms with Gasteiger partial charge in [-0.15, -0.1) is 13.2 Å². The summed E-state index contributed by atoms with van der Waals surface area (Å²) in [4.78, 5) is 16.0. The highest BCUT2D eigenvalue weighted by Gasteiger charge is 2.31. The minimum Gasteiger partial charge on any atom is -0.406 e. The fraction of sp³-hybridized carbons (Fsp3) is 0.222. The highest BCUT2D eigenvalue weighted by molar-refractivity contribution is 6.34. The van der Waals surface area contributed by atoms with E-state index in [1.54, 1.807) is 12.3 Å². The quantitative estimate of drug-likeness (QED) is 0.726. The average Bonchev–Trinajstić information content (AvgIpc) is 2.58. The predicted molar refractivity (Wildman–Crippen MR) is 99.4 cm³/mol. The van der Waals surface area contributed by atoms with Crippen LogP contribution in [0.1, 0.15) is 18.9 Å². The largest absolute Gasteiger partial charge is 0.573 e. The van der Waals surface area contributed by atoms with Crippen molar-refractivity contribution in [1.29, 1.82) is 0 Å². The molecular formula is C18H17ClF3N3O2. The molecule has 1 aromatic heterocycles. The highest BCUT2D eigenvalue weighted by Crippen LogP contribution is 2.30. The molecule has 0 unspecified atom stereocenters. The molecule has 0 spiro atoms. The Bertz CT molecular complexity index is 921. The number of aryl methyl sites for hydroxylation is 1. The molecule has 0 fully saturated rings. The summed E-state index contributed by atoms with van der Waals surface area (Å²) in [6.07, 6.45) is 0.250. The lowest BCUT2D eigenvalue weighted by atomic mass is 10.1. The van der Waals surface area contributed by atoms with Crippen molar-refractivity contribution in [3.8, 4) is 5.75 Å². The zero-order valence-electron chi connectivity index (χ0n) is 14.3. The molecule has 2 rings (SSSR count). The molecule has 9 heteroatoms. The summed E-state index contributed by atoms with van der Waals surface area (Å²) < 4.78 is 42.2. The van der Waals surface area contributed by atoms with E-state index in [1.807, 2.05) is 6.92 Å². The van der Waals surface area contributed by atoms with Crippen molar-refractivity contribution in [1.82, 2.24) is 4.57 Å². The summed E-state index contributed by atoms with van der Waals surface area (Å²) in [5.74, 6) is -0.434. The number of nitrogens with two attached hydrogens (primary N) is 1. The lowest BCUT2D eigenvalue weighted by Gasteiger charge is -2.11. The van der Waals surface area contributed by atoms with Crippen LogP contribution in [0.5, 0.6) is 5.75 Å². The van der Waals surface area contributed by atoms with Crippen LogP contribution in [0.4, 0.5) is 18.9 Å². The summed E-state index contributed by atoms with van der Waals surface area (Å²) in [7, 11) is 0. The molecule has 0 atom stereocenters. The van der Waals surface area contributed by atoms with Crippen molar-refractivity contribution in [2.75, 3.05) is 0 Å². The van der Waals surface area contributed by atoms with Gasteiger partial charge in [0, 0.05) is 42.4 Å². The molecule has 2 aromatic rings. The van der Waals surface area contributed by atoms with E-state index in [-0.39, 0.29) is 10.6 Å². The van der Waals surface area contributed by atoms with E-state index in [0.29, 0.717) is 23.4 Å². The molecule has 0 radical (unpaired) electrons. The third kappa shape index (κ3) is 5.89. The molecule has 1 aromatic carbocycles. The zero-order chi connectivity index (χ0) is 20.0. The van der Waals surface area contributed by atoms with Gasteiger partial charge in [0.15, 0.2) is 0 Å². The van der Waals surface area contributed by atoms with Crippen LogP contribution < -0.4 is 16.0 Å². The van der Waals surface area contributed by atoms with Crippen LogP contribution in [-0.4, -0.2) is 17.1 Å². The number of alkyl halides is 3. The maximum Gasteiger partial charge on any atom is 0.573 e. The molecule has 144 valence electrons. The molecule has 0 aliphatic rings. The van der Waals surface area contributed by atoms with E-state index in [4.69, 9.17) is 17.3 Å². The Morgan fingerprint density at radius 1 is 1.33 bits per heavy atom. The van der Waals surface area contributed by atoms with Gasteiger partial charge in [0.05, 0.1) is 10.7 Å². The Hall–Kier alpha value is -2.74. The van der Waals surface area contributed by atoms with Gasteiger partial charge in [-0.25, -0.2) is 0 Å². The number of halogens is 4. The molecule has 0 saturated carbocycles. The van der Waals surface area contributed by atoms with Crippen molar-refractivity contribution in [2.45, 2.75) is 26.3 Å². The van der Waals surface area contributed by atoms with Crippen LogP contribution in [0.3, 0.4) is 0 Å². The van der Waals surface area contributed by atoms with Gasteiger partial charge < -0.3 is 15.0 Å². The van der Waals surface area contributed by atoms with Gasteiger partial charge in [-0.3, -0.25) is 9.79 Å². The van der Waals surface area contributed by atoms with Crippen LogP contribution >= 0.6 is 11.6 Å². The van der Waals surface area contributed by atoms with E-state index >= 15 is 0 Å². The zero-order valence-corrected chi connectivity index (χ0v) is 15.1. The van der Waals surface area contributed by atoms with E-state index in [9.17, 15) is 18.0 Å². The Labute approximate surface area is 158 Å². The molecule has 0 saturated heterocycles. The second-order valence-electron chi connectivity index (χ2n) is 5.49. The van der Waals surface area contributed by atoms with Crippen LogP contribution in [-0.2, 0) is 6.54 Å². The summed E-state index contributed by atoms with van der Waals surface area (Å²) in [6, 6.07) is 6.49. The minimum absolute atomic E-state index is 0.0239. The highest BCUT2D eigenvalue weighted by atomic mass is 35.5. The molecule has 5 nitrogen and oxygen atoms in total. The van der Waals surface area contributed by atoms with Crippen molar-refractivity contribution in [2.24, 2.45) is 10.7 Å². The monoisotopic (exact) mass is 399 g/mol. The molecule has 0 aliphatic carbocycles.